The Morgan fingerprint density at radius 3 is 2.56 bits per heavy atom. The maximum atomic E-state index is 13.1. The predicted molar refractivity (Wildman–Crippen MR) is 103 cm³/mol. The maximum Gasteiger partial charge on any atom is 0.293 e. The normalized spacial score (nSPS) is 14.3. The number of hydrogen-bond acceptors (Lipinski definition) is 4. The fraction of sp³-hybridized carbons (Fsp3) is 0.400. The van der Waals surface area contributed by atoms with Gasteiger partial charge in [0.1, 0.15) is 12.1 Å². The van der Waals surface area contributed by atoms with E-state index in [1.807, 2.05) is 39.0 Å². The molecule has 0 N–H and O–H groups in total. The Labute approximate surface area is 157 Å². The van der Waals surface area contributed by atoms with E-state index in [2.05, 4.69) is 10.2 Å². The van der Waals surface area contributed by atoms with Gasteiger partial charge in [-0.2, -0.15) is 10.2 Å². The van der Waals surface area contributed by atoms with Gasteiger partial charge in [0, 0.05) is 18.5 Å². The molecular weight excluding hydrogens is 342 g/mol. The predicted octanol–water partition coefficient (Wildman–Crippen LogP) is 2.13. The van der Waals surface area contributed by atoms with E-state index in [0.717, 1.165) is 37.2 Å². The van der Waals surface area contributed by atoms with E-state index in [-0.39, 0.29) is 18.0 Å². The molecule has 1 aromatic carbocycles. The monoisotopic (exact) mass is 365 g/mol. The highest BCUT2D eigenvalue weighted by Crippen LogP contribution is 2.19. The number of aryl methyl sites for hydroxylation is 3. The molecular formula is C20H23N5O2. The van der Waals surface area contributed by atoms with Gasteiger partial charge < -0.3 is 4.90 Å². The molecule has 3 aromatic rings. The summed E-state index contributed by atoms with van der Waals surface area (Å²) in [6.45, 7) is 7.40. The van der Waals surface area contributed by atoms with Crippen molar-refractivity contribution in [1.82, 2.24) is 24.5 Å². The molecule has 1 amide bonds. The number of fused-ring (bicyclic) bond motifs is 1. The van der Waals surface area contributed by atoms with Crippen molar-refractivity contribution in [2.75, 3.05) is 13.1 Å². The van der Waals surface area contributed by atoms with Gasteiger partial charge in [0.15, 0.2) is 0 Å². The van der Waals surface area contributed by atoms with Crippen molar-refractivity contribution in [1.29, 1.82) is 0 Å². The number of benzene rings is 1. The van der Waals surface area contributed by atoms with Gasteiger partial charge in [-0.3, -0.25) is 9.59 Å². The van der Waals surface area contributed by atoms with Crippen LogP contribution in [0.4, 0.5) is 0 Å². The van der Waals surface area contributed by atoms with Gasteiger partial charge in [0.25, 0.3) is 5.56 Å². The number of carbonyl (C=O) groups excluding carboxylic acids is 1. The van der Waals surface area contributed by atoms with Crippen LogP contribution >= 0.6 is 0 Å². The number of rotatable bonds is 3. The molecule has 0 aliphatic carbocycles. The Balaban J connectivity index is 1.81. The minimum Gasteiger partial charge on any atom is -0.341 e. The van der Waals surface area contributed by atoms with Gasteiger partial charge in [-0.1, -0.05) is 6.07 Å². The lowest BCUT2D eigenvalue weighted by atomic mass is 10.1. The highest BCUT2D eigenvalue weighted by Gasteiger charge is 2.21. The fourth-order valence-corrected chi connectivity index (χ4v) is 3.58. The molecule has 0 bridgehead atoms. The molecule has 0 spiro atoms. The summed E-state index contributed by atoms with van der Waals surface area (Å²) in [7, 11) is 0. The molecule has 3 heterocycles. The minimum absolute atomic E-state index is 0.0340. The second kappa shape index (κ2) is 6.64. The van der Waals surface area contributed by atoms with Crippen molar-refractivity contribution in [3.63, 3.8) is 0 Å². The lowest BCUT2D eigenvalue weighted by Crippen LogP contribution is -2.36. The fourth-order valence-electron chi connectivity index (χ4n) is 3.58. The van der Waals surface area contributed by atoms with E-state index in [9.17, 15) is 9.59 Å². The minimum atomic E-state index is -0.293. The Kier molecular flexibility index (Phi) is 4.30. The van der Waals surface area contributed by atoms with Crippen LogP contribution in [0.25, 0.3) is 16.6 Å². The van der Waals surface area contributed by atoms with Crippen LogP contribution in [0.5, 0.6) is 0 Å². The standard InChI is InChI=1S/C20H23N5O2/c1-13-6-7-16(10-14(13)2)25-19-17(11-21-25)15(3)22-24(20(19)27)12-18(26)23-8-4-5-9-23/h6-7,10-11H,4-5,8-9,12H2,1-3H3. The molecule has 1 aliphatic rings. The summed E-state index contributed by atoms with van der Waals surface area (Å²) in [5, 5.41) is 9.49. The lowest BCUT2D eigenvalue weighted by Gasteiger charge is -2.16. The molecule has 0 saturated carbocycles. The molecule has 0 radical (unpaired) electrons. The first-order chi connectivity index (χ1) is 13.0. The molecule has 1 fully saturated rings. The summed E-state index contributed by atoms with van der Waals surface area (Å²) in [6, 6.07) is 5.97. The largest absolute Gasteiger partial charge is 0.341 e. The smallest absolute Gasteiger partial charge is 0.293 e. The third-order valence-electron chi connectivity index (χ3n) is 5.35. The molecule has 7 heteroatoms. The van der Waals surface area contributed by atoms with Crippen molar-refractivity contribution >= 4 is 16.8 Å². The highest BCUT2D eigenvalue weighted by molar-refractivity contribution is 5.82. The molecule has 4 rings (SSSR count). The van der Waals surface area contributed by atoms with Crippen molar-refractivity contribution in [2.24, 2.45) is 0 Å². The summed E-state index contributed by atoms with van der Waals surface area (Å²) < 4.78 is 2.92. The van der Waals surface area contributed by atoms with E-state index < -0.39 is 0 Å². The zero-order valence-corrected chi connectivity index (χ0v) is 15.9. The number of nitrogens with zero attached hydrogens (tertiary/aromatic N) is 5. The van der Waals surface area contributed by atoms with Crippen LogP contribution < -0.4 is 5.56 Å². The van der Waals surface area contributed by atoms with E-state index in [1.54, 1.807) is 15.8 Å². The van der Waals surface area contributed by atoms with Gasteiger partial charge in [-0.25, -0.2) is 9.36 Å². The first-order valence-electron chi connectivity index (χ1n) is 9.26. The molecule has 1 saturated heterocycles. The van der Waals surface area contributed by atoms with Crippen molar-refractivity contribution in [3.8, 4) is 5.69 Å². The van der Waals surface area contributed by atoms with Crippen molar-refractivity contribution in [3.05, 3.63) is 51.6 Å². The van der Waals surface area contributed by atoms with Crippen LogP contribution in [0.2, 0.25) is 0 Å². The van der Waals surface area contributed by atoms with E-state index in [0.29, 0.717) is 16.6 Å². The Bertz CT molecular complexity index is 1090. The van der Waals surface area contributed by atoms with E-state index in [1.165, 1.54) is 10.2 Å². The Morgan fingerprint density at radius 1 is 1.11 bits per heavy atom. The first-order valence-corrected chi connectivity index (χ1v) is 9.26. The molecule has 140 valence electrons. The average Bonchev–Trinajstić information content (AvgIpc) is 3.31. The van der Waals surface area contributed by atoms with Gasteiger partial charge >= 0.3 is 0 Å². The van der Waals surface area contributed by atoms with E-state index in [4.69, 9.17) is 0 Å². The summed E-state index contributed by atoms with van der Waals surface area (Å²) in [6.07, 6.45) is 3.71. The zero-order chi connectivity index (χ0) is 19.1. The Morgan fingerprint density at radius 2 is 1.85 bits per heavy atom. The third kappa shape index (κ3) is 3.03. The third-order valence-corrected chi connectivity index (χ3v) is 5.35. The van der Waals surface area contributed by atoms with Crippen LogP contribution in [-0.2, 0) is 11.3 Å². The molecule has 27 heavy (non-hydrogen) atoms. The van der Waals surface area contributed by atoms with Gasteiger partial charge in [0.05, 0.1) is 17.6 Å². The average molecular weight is 365 g/mol. The number of hydrogen-bond donors (Lipinski definition) is 0. The van der Waals surface area contributed by atoms with E-state index >= 15 is 0 Å². The number of aromatic nitrogens is 4. The molecule has 1 aliphatic heterocycles. The van der Waals surface area contributed by atoms with Crippen LogP contribution in [-0.4, -0.2) is 43.5 Å². The Hall–Kier alpha value is -2.96. The number of amides is 1. The first kappa shape index (κ1) is 17.5. The summed E-state index contributed by atoms with van der Waals surface area (Å²) in [4.78, 5) is 27.4. The van der Waals surface area contributed by atoms with Gasteiger partial charge in [0.2, 0.25) is 5.91 Å². The highest BCUT2D eigenvalue weighted by atomic mass is 16.2. The van der Waals surface area contributed by atoms with Crippen LogP contribution in [0, 0.1) is 20.8 Å². The molecule has 7 nitrogen and oxygen atoms in total. The van der Waals surface area contributed by atoms with Gasteiger partial charge in [-0.15, -0.1) is 0 Å². The van der Waals surface area contributed by atoms with Crippen molar-refractivity contribution in [2.45, 2.75) is 40.2 Å². The number of likely N-dealkylation sites (tertiary alicyclic amines) is 1. The molecule has 2 aromatic heterocycles. The second-order valence-corrected chi connectivity index (χ2v) is 7.22. The SMILES string of the molecule is Cc1ccc(-n2ncc3c(C)nn(CC(=O)N4CCCC4)c(=O)c32)cc1C. The van der Waals surface area contributed by atoms with Crippen molar-refractivity contribution < 1.29 is 4.79 Å². The molecule has 0 atom stereocenters. The summed E-state index contributed by atoms with van der Waals surface area (Å²) >= 11 is 0. The summed E-state index contributed by atoms with van der Waals surface area (Å²) in [5.74, 6) is -0.0573. The zero-order valence-electron chi connectivity index (χ0n) is 15.9. The van der Waals surface area contributed by atoms with Crippen LogP contribution in [0.15, 0.2) is 29.2 Å². The van der Waals surface area contributed by atoms with Gasteiger partial charge in [-0.05, 0) is 56.9 Å². The quantitative estimate of drug-likeness (QED) is 0.713. The number of carbonyl (C=O) groups is 1. The molecule has 0 unspecified atom stereocenters. The van der Waals surface area contributed by atoms with Crippen LogP contribution in [0.1, 0.15) is 29.7 Å². The second-order valence-electron chi connectivity index (χ2n) is 7.22. The van der Waals surface area contributed by atoms with Crippen LogP contribution in [0.3, 0.4) is 0 Å². The summed E-state index contributed by atoms with van der Waals surface area (Å²) in [5.41, 5.74) is 3.99. The topological polar surface area (TPSA) is 73.0 Å². The lowest BCUT2D eigenvalue weighted by molar-refractivity contribution is -0.131. The maximum absolute atomic E-state index is 13.1.